The molecule has 0 unspecified atom stereocenters. The van der Waals surface area contributed by atoms with Gasteiger partial charge in [0.05, 0.1) is 12.5 Å². The Balaban J connectivity index is 1.50. The highest BCUT2D eigenvalue weighted by Crippen LogP contribution is 2.27. The van der Waals surface area contributed by atoms with Crippen LogP contribution in [0.15, 0.2) is 67.0 Å². The number of carbonyl (C=O) groups is 2. The first-order chi connectivity index (χ1) is 17.6. The number of carbonyl (C=O) groups excluding carboxylic acids is 2. The molecular formula is C26H30N4O4S2. The van der Waals surface area contributed by atoms with Crippen LogP contribution in [0.25, 0.3) is 12.2 Å². The van der Waals surface area contributed by atoms with Gasteiger partial charge in [0.25, 0.3) is 11.8 Å². The Morgan fingerprint density at radius 1 is 0.778 bits per heavy atom. The molecule has 4 heterocycles. The minimum absolute atomic E-state index is 0.194. The number of amidine groups is 2. The number of furan rings is 2. The van der Waals surface area contributed by atoms with E-state index < -0.39 is 0 Å². The summed E-state index contributed by atoms with van der Waals surface area (Å²) < 4.78 is 10.8. The Morgan fingerprint density at radius 3 is 1.58 bits per heavy atom. The average Bonchev–Trinajstić information content (AvgIpc) is 3.67. The van der Waals surface area contributed by atoms with E-state index in [1.165, 1.54) is 0 Å². The predicted molar refractivity (Wildman–Crippen MR) is 146 cm³/mol. The molecule has 0 saturated carbocycles. The minimum atomic E-state index is -0.194. The zero-order valence-electron chi connectivity index (χ0n) is 20.5. The summed E-state index contributed by atoms with van der Waals surface area (Å²) in [7, 11) is 0. The van der Waals surface area contributed by atoms with Gasteiger partial charge in [0.15, 0.2) is 10.3 Å². The summed E-state index contributed by atoms with van der Waals surface area (Å²) in [5.41, 5.74) is 0.669. The molecule has 0 N–H and O–H groups in total. The van der Waals surface area contributed by atoms with Crippen molar-refractivity contribution in [2.45, 2.75) is 39.5 Å². The first kappa shape index (κ1) is 26.1. The number of rotatable bonds is 11. The lowest BCUT2D eigenvalue weighted by Gasteiger charge is -2.23. The molecule has 0 aromatic carbocycles. The Morgan fingerprint density at radius 2 is 1.22 bits per heavy atom. The fraction of sp³-hybridized carbons (Fsp3) is 0.385. The zero-order valence-corrected chi connectivity index (χ0v) is 22.1. The minimum Gasteiger partial charge on any atom is -0.465 e. The van der Waals surface area contributed by atoms with E-state index in [1.54, 1.807) is 82.3 Å². The molecular weight excluding hydrogens is 496 g/mol. The van der Waals surface area contributed by atoms with Crippen LogP contribution in [0.3, 0.4) is 0 Å². The highest BCUT2D eigenvalue weighted by molar-refractivity contribution is 8.14. The molecule has 2 aliphatic heterocycles. The predicted octanol–water partition coefficient (Wildman–Crippen LogP) is 5.72. The van der Waals surface area contributed by atoms with E-state index in [-0.39, 0.29) is 11.8 Å². The number of nitrogens with zero attached hydrogens (tertiary/aromatic N) is 4. The summed E-state index contributed by atoms with van der Waals surface area (Å²) in [6.07, 6.45) is 10.6. The molecule has 2 aliphatic rings. The van der Waals surface area contributed by atoms with E-state index in [4.69, 9.17) is 8.83 Å². The van der Waals surface area contributed by atoms with Crippen molar-refractivity contribution in [2.75, 3.05) is 24.6 Å². The molecule has 10 heteroatoms. The smallest absolute Gasteiger partial charge is 0.278 e. The first-order valence-electron chi connectivity index (χ1n) is 12.2. The maximum atomic E-state index is 13.3. The number of hydrogen-bond acceptors (Lipinski definition) is 8. The van der Waals surface area contributed by atoms with Crippen molar-refractivity contribution >= 4 is 57.8 Å². The molecule has 0 atom stereocenters. The largest absolute Gasteiger partial charge is 0.465 e. The van der Waals surface area contributed by atoms with Crippen LogP contribution in [0, 0.1) is 0 Å². The summed E-state index contributed by atoms with van der Waals surface area (Å²) >= 11 is 3.12. The van der Waals surface area contributed by atoms with Gasteiger partial charge in [-0.05, 0) is 37.1 Å². The van der Waals surface area contributed by atoms with Crippen molar-refractivity contribution in [3.8, 4) is 0 Å². The van der Waals surface area contributed by atoms with Gasteiger partial charge in [-0.15, -0.1) is 0 Å². The van der Waals surface area contributed by atoms with Crippen LogP contribution >= 0.6 is 23.5 Å². The van der Waals surface area contributed by atoms with Gasteiger partial charge < -0.3 is 8.83 Å². The monoisotopic (exact) mass is 526 g/mol. The second kappa shape index (κ2) is 12.8. The number of hydrogen-bond donors (Lipinski definition) is 0. The third kappa shape index (κ3) is 6.41. The van der Waals surface area contributed by atoms with Crippen molar-refractivity contribution in [1.82, 2.24) is 9.80 Å². The van der Waals surface area contributed by atoms with E-state index in [0.717, 1.165) is 37.2 Å². The molecule has 190 valence electrons. The molecule has 4 rings (SSSR count). The second-order valence-corrected chi connectivity index (χ2v) is 10.3. The van der Waals surface area contributed by atoms with Crippen LogP contribution in [-0.4, -0.2) is 56.5 Å². The summed E-state index contributed by atoms with van der Waals surface area (Å²) in [5.74, 6) is 2.50. The molecule has 0 aliphatic carbocycles. The summed E-state index contributed by atoms with van der Waals surface area (Å²) in [4.78, 5) is 39.0. The van der Waals surface area contributed by atoms with E-state index in [0.29, 0.717) is 46.3 Å². The van der Waals surface area contributed by atoms with E-state index >= 15 is 0 Å². The summed E-state index contributed by atoms with van der Waals surface area (Å²) in [5, 5.41) is 1.31. The van der Waals surface area contributed by atoms with Crippen molar-refractivity contribution < 1.29 is 18.4 Å². The molecule has 0 saturated heterocycles. The van der Waals surface area contributed by atoms with Gasteiger partial charge in [0, 0.05) is 36.7 Å². The van der Waals surface area contributed by atoms with E-state index in [2.05, 4.69) is 23.8 Å². The SMILES string of the molecule is CCCCSC1=N/C(=C\c2ccco2)C(=O)N1CCN1C(=O)/C(=C/c2ccco2)N=C1SCCCC. The van der Waals surface area contributed by atoms with Crippen LogP contribution < -0.4 is 0 Å². The Bertz CT molecular complexity index is 1070. The van der Waals surface area contributed by atoms with Crippen LogP contribution in [-0.2, 0) is 9.59 Å². The quantitative estimate of drug-likeness (QED) is 0.275. The third-order valence-electron chi connectivity index (χ3n) is 5.47. The average molecular weight is 527 g/mol. The summed E-state index contributed by atoms with van der Waals surface area (Å²) in [6.45, 7) is 4.90. The topological polar surface area (TPSA) is 91.6 Å². The van der Waals surface area contributed by atoms with Gasteiger partial charge in [-0.2, -0.15) is 0 Å². The van der Waals surface area contributed by atoms with E-state index in [1.807, 2.05) is 0 Å². The van der Waals surface area contributed by atoms with Gasteiger partial charge in [-0.3, -0.25) is 19.4 Å². The Kier molecular flexibility index (Phi) is 9.29. The third-order valence-corrected chi connectivity index (χ3v) is 7.60. The highest BCUT2D eigenvalue weighted by atomic mass is 32.2. The van der Waals surface area contributed by atoms with Gasteiger partial charge in [-0.1, -0.05) is 50.2 Å². The fourth-order valence-electron chi connectivity index (χ4n) is 3.51. The number of amides is 2. The lowest BCUT2D eigenvalue weighted by molar-refractivity contribution is -0.125. The lowest BCUT2D eigenvalue weighted by atomic mass is 10.3. The summed E-state index contributed by atoms with van der Waals surface area (Å²) in [6, 6.07) is 7.12. The molecule has 2 aromatic heterocycles. The van der Waals surface area contributed by atoms with Crippen molar-refractivity contribution in [3.63, 3.8) is 0 Å². The molecule has 0 fully saturated rings. The zero-order chi connectivity index (χ0) is 25.3. The van der Waals surface area contributed by atoms with Gasteiger partial charge in [0.2, 0.25) is 0 Å². The van der Waals surface area contributed by atoms with Gasteiger partial charge in [-0.25, -0.2) is 9.98 Å². The maximum absolute atomic E-state index is 13.3. The van der Waals surface area contributed by atoms with Gasteiger partial charge in [0.1, 0.15) is 22.9 Å². The van der Waals surface area contributed by atoms with Crippen molar-refractivity contribution in [3.05, 3.63) is 59.7 Å². The molecule has 2 aromatic rings. The van der Waals surface area contributed by atoms with Crippen LogP contribution in [0.4, 0.5) is 0 Å². The molecule has 0 bridgehead atoms. The van der Waals surface area contributed by atoms with Crippen molar-refractivity contribution in [1.29, 1.82) is 0 Å². The lowest BCUT2D eigenvalue weighted by Crippen LogP contribution is -2.41. The maximum Gasteiger partial charge on any atom is 0.278 e. The molecule has 36 heavy (non-hydrogen) atoms. The van der Waals surface area contributed by atoms with Crippen LogP contribution in [0.5, 0.6) is 0 Å². The van der Waals surface area contributed by atoms with Crippen LogP contribution in [0.2, 0.25) is 0 Å². The molecule has 2 amide bonds. The molecule has 0 spiro atoms. The number of aliphatic imine (C=N–C) groups is 2. The van der Waals surface area contributed by atoms with Crippen LogP contribution in [0.1, 0.15) is 51.1 Å². The Hall–Kier alpha value is -2.98. The number of thioether (sulfide) groups is 2. The number of unbranched alkanes of at least 4 members (excludes halogenated alkanes) is 2. The molecule has 0 radical (unpaired) electrons. The highest BCUT2D eigenvalue weighted by Gasteiger charge is 2.35. The standard InChI is InChI=1S/C26H30N4O4S2/c1-3-5-15-35-25-27-21(17-19-9-7-13-33-19)23(31)29(25)11-12-30-24(32)22(18-20-10-8-14-34-20)28-26(30)36-16-6-4-2/h7-10,13-14,17-18H,3-6,11-12,15-16H2,1-2H3/b21-17-,22-18-. The Labute approximate surface area is 219 Å². The second-order valence-electron chi connectivity index (χ2n) is 8.20. The molecule has 8 nitrogen and oxygen atoms in total. The first-order valence-corrected chi connectivity index (χ1v) is 14.1. The fourth-order valence-corrected chi connectivity index (χ4v) is 5.72. The van der Waals surface area contributed by atoms with Gasteiger partial charge >= 0.3 is 0 Å². The van der Waals surface area contributed by atoms with E-state index in [9.17, 15) is 9.59 Å². The normalized spacial score (nSPS) is 18.2. The van der Waals surface area contributed by atoms with Crippen molar-refractivity contribution in [2.24, 2.45) is 9.98 Å².